The molecule has 3 N–H and O–H groups in total. The Morgan fingerprint density at radius 3 is 0.979 bits per heavy atom. The van der Waals surface area contributed by atoms with Gasteiger partial charge >= 0.3 is 41.0 Å². The van der Waals surface area contributed by atoms with Gasteiger partial charge in [0.05, 0.1) is 121 Å². The van der Waals surface area contributed by atoms with Crippen LogP contribution in [0.15, 0.2) is 147 Å². The summed E-state index contributed by atoms with van der Waals surface area (Å²) < 4.78 is 248. The maximum atomic E-state index is 16.3. The third-order valence-electron chi connectivity index (χ3n) is 24.9. The molecular weight excluding hydrogens is 1980 g/mol. The fraction of sp³-hybridized carbons (Fsp3) is 0.357. The zero-order chi connectivity index (χ0) is 104. The second-order valence-electron chi connectivity index (χ2n) is 33.3. The molecule has 0 bridgehead atoms. The number of alkyl halides is 9. The third kappa shape index (κ3) is 21.1. The number of nitrogens with one attached hydrogen (secondary N) is 1. The molecule has 6 aromatic carbocycles. The molecule has 0 unspecified atom stereocenters. The smallest absolute Gasteiger partial charge is 0.439 e. The second-order valence-corrected chi connectivity index (χ2v) is 39.3. The Labute approximate surface area is 824 Å². The van der Waals surface area contributed by atoms with Crippen LogP contribution in [0, 0.1) is 17.5 Å². The van der Waals surface area contributed by atoms with Gasteiger partial charge in [0.1, 0.15) is 11.0 Å². The topological polar surface area (TPSA) is 322 Å². The van der Waals surface area contributed by atoms with Crippen LogP contribution < -0.4 is 28.9 Å². The number of H-pyrrole nitrogens is 1. The highest BCUT2D eigenvalue weighted by Crippen LogP contribution is 2.57. The molecule has 18 rings (SSSR count). The Balaban J connectivity index is 0.000000156. The van der Waals surface area contributed by atoms with Crippen molar-refractivity contribution in [3.8, 4) is 68.1 Å². The van der Waals surface area contributed by atoms with E-state index in [0.717, 1.165) is 134 Å². The first-order valence-corrected chi connectivity index (χ1v) is 52.0. The normalized spacial score (nSPS) is 13.6. The summed E-state index contributed by atoms with van der Waals surface area (Å²) in [7, 11) is -4.90. The van der Waals surface area contributed by atoms with Crippen LogP contribution in [0.5, 0.6) is 17.2 Å². The van der Waals surface area contributed by atoms with Crippen molar-refractivity contribution in [3.05, 3.63) is 248 Å². The Hall–Kier alpha value is -12.5. The average Bonchev–Trinajstić information content (AvgIpc) is 1.58. The molecule has 0 spiro atoms. The Bertz CT molecular complexity index is 7290. The zero-order valence-corrected chi connectivity index (χ0v) is 84.1. The summed E-state index contributed by atoms with van der Waals surface area (Å²) in [5.41, 5.74) is 14.4. The number of para-hydroxylation sites is 3. The van der Waals surface area contributed by atoms with Crippen LogP contribution in [0.4, 0.5) is 70.5 Å². The molecule has 9 aromatic heterocycles. The van der Waals surface area contributed by atoms with Gasteiger partial charge in [-0.25, -0.2) is 70.8 Å². The zero-order valence-electron chi connectivity index (χ0n) is 80.6. The third-order valence-corrected chi connectivity index (χ3v) is 29.6. The van der Waals surface area contributed by atoms with E-state index < -0.39 is 75.1 Å². The first kappa shape index (κ1) is 106. The van der Waals surface area contributed by atoms with Crippen molar-refractivity contribution in [1.82, 2.24) is 72.9 Å². The Morgan fingerprint density at radius 1 is 0.403 bits per heavy atom. The fourth-order valence-corrected chi connectivity index (χ4v) is 22.0. The number of methoxy groups -OCH3 is 3. The Morgan fingerprint density at radius 2 is 0.694 bits per heavy atom. The molecule has 0 atom stereocenters. The monoisotopic (exact) mass is 2080 g/mol. The predicted octanol–water partition coefficient (Wildman–Crippen LogP) is 23.3. The molecule has 3 aliphatic rings. The van der Waals surface area contributed by atoms with Crippen molar-refractivity contribution >= 4 is 84.2 Å². The van der Waals surface area contributed by atoms with Gasteiger partial charge in [-0.1, -0.05) is 96.1 Å². The number of hydrogen-bond acceptors (Lipinski definition) is 22. The highest BCUT2D eigenvalue weighted by Gasteiger charge is 2.41. The van der Waals surface area contributed by atoms with E-state index in [9.17, 15) is 63.0 Å². The molecule has 0 saturated carbocycles. The lowest BCUT2D eigenvalue weighted by atomic mass is 9.97. The van der Waals surface area contributed by atoms with Gasteiger partial charge in [-0.3, -0.25) is 26.8 Å². The van der Waals surface area contributed by atoms with E-state index in [1.165, 1.54) is 62.3 Å². The number of rotatable bonds is 28. The Kier molecular flexibility index (Phi) is 31.9. The summed E-state index contributed by atoms with van der Waals surface area (Å²) in [6.45, 7) is 18.5. The standard InChI is InChI=1S/C34H37F4N6O4P.C30H29F4N6O4P.C30H28F4N6O.C4H10ClO3P/c1-6-21-11-10-12-22(7-2)29(21)44-30(26-20-42(15-14-28(26)41-44)33-39-18-23(19-40-33)34(36,37)38)25-17-27(35)32(46-5)31-24(25)13-16-43(31)49(45,47-8-3)48-9-4;1-4-17-7-6-8-18(5-2)25(17)40-26(21-13-23(31)28(44-3)27-20(21)9-12-39(27)45(41,42)43)22-16-38(11-10-24(22)37-40)29-35-14-19(15-36-29)30(32,33)34;1-4-17-7-6-8-18(5-2)26(17)40-27(21-13-23(31)28(41-3)25-20(21)9-11-35-25)22-16-39(12-10-24(22)38-40)29-36-14-19(15-37-29)30(32,33)34;1-3-7-9(5,6)8-4-2/h10-13,16-19H,6-9,14-15,20H2,1-5H3;6-9,12-15H,4-5,10-11,16H2,1-3H3,(H2,41,42,43);6-9,11,13-15,35H,4-5,10,12,16H2,1-3H3;3-4H2,1-2H3. The number of aryl methyl sites for hydroxylation is 6. The van der Waals surface area contributed by atoms with Gasteiger partial charge in [-0.2, -0.15) is 54.8 Å². The van der Waals surface area contributed by atoms with E-state index in [4.69, 9.17) is 49.8 Å². The van der Waals surface area contributed by atoms with Crippen LogP contribution in [0.1, 0.15) is 153 Å². The van der Waals surface area contributed by atoms with Crippen molar-refractivity contribution in [2.24, 2.45) is 0 Å². The van der Waals surface area contributed by atoms with Crippen LogP contribution in [-0.2, 0) is 128 Å². The largest absolute Gasteiger partial charge is 0.492 e. The van der Waals surface area contributed by atoms with Crippen molar-refractivity contribution in [3.63, 3.8) is 0 Å². The van der Waals surface area contributed by atoms with Gasteiger partial charge in [0.15, 0.2) is 34.7 Å². The first-order chi connectivity index (χ1) is 68.7. The molecule has 0 radical (unpaired) electrons. The van der Waals surface area contributed by atoms with Crippen LogP contribution >= 0.6 is 33.7 Å². The number of fused-ring (bicyclic) bond motifs is 6. The van der Waals surface area contributed by atoms with E-state index >= 15 is 13.2 Å². The molecular formula is C98H104ClF12N18O12P3. The van der Waals surface area contributed by atoms with Gasteiger partial charge in [0, 0.05) is 175 Å². The molecule has 15 aromatic rings. The molecule has 46 heteroatoms. The summed E-state index contributed by atoms with van der Waals surface area (Å²) in [5.74, 6) is -1.98. The molecule has 764 valence electrons. The number of halogens is 13. The van der Waals surface area contributed by atoms with E-state index in [1.54, 1.807) is 54.4 Å². The molecule has 144 heavy (non-hydrogen) atoms. The van der Waals surface area contributed by atoms with Gasteiger partial charge in [0.2, 0.25) is 17.8 Å². The number of benzene rings is 6. The predicted molar refractivity (Wildman–Crippen MR) is 521 cm³/mol. The van der Waals surface area contributed by atoms with Crippen molar-refractivity contribution in [2.75, 3.05) is 82.1 Å². The maximum absolute atomic E-state index is 16.3. The molecule has 12 heterocycles. The average molecular weight is 2080 g/mol. The molecule has 30 nitrogen and oxygen atoms in total. The lowest BCUT2D eigenvalue weighted by molar-refractivity contribution is -0.138. The number of ether oxygens (including phenoxy) is 3. The maximum Gasteiger partial charge on any atom is 0.439 e. The van der Waals surface area contributed by atoms with Crippen molar-refractivity contribution in [1.29, 1.82) is 0 Å². The quantitative estimate of drug-likeness (QED) is 0.0303. The summed E-state index contributed by atoms with van der Waals surface area (Å²) in [4.78, 5) is 52.7. The van der Waals surface area contributed by atoms with Crippen molar-refractivity contribution in [2.45, 2.75) is 165 Å². The van der Waals surface area contributed by atoms with Crippen LogP contribution in [0.3, 0.4) is 0 Å². The summed E-state index contributed by atoms with van der Waals surface area (Å²) >= 11 is 5.25. The van der Waals surface area contributed by atoms with Gasteiger partial charge in [-0.15, -0.1) is 0 Å². The van der Waals surface area contributed by atoms with E-state index in [0.29, 0.717) is 144 Å². The van der Waals surface area contributed by atoms with Crippen LogP contribution in [0.25, 0.3) is 83.5 Å². The molecule has 3 aliphatic heterocycles. The number of aromatic amines is 1. The fourth-order valence-electron chi connectivity index (χ4n) is 18.4. The summed E-state index contributed by atoms with van der Waals surface area (Å²) in [6.07, 6.45) is 1.02. The molecule has 0 aliphatic carbocycles. The highest BCUT2D eigenvalue weighted by molar-refractivity contribution is 7.81. The molecule has 0 amide bonds. The number of nitrogens with zero attached hydrogens (tertiary/aromatic N) is 17. The first-order valence-electron chi connectivity index (χ1n) is 46.5. The van der Waals surface area contributed by atoms with Gasteiger partial charge < -0.3 is 43.7 Å². The minimum Gasteiger partial charge on any atom is -0.492 e. The highest BCUT2D eigenvalue weighted by atomic mass is 35.7. The summed E-state index contributed by atoms with van der Waals surface area (Å²) in [6, 6.07) is 27.3. The lowest BCUT2D eigenvalue weighted by Gasteiger charge is -2.27. The van der Waals surface area contributed by atoms with Crippen molar-refractivity contribution < 1.29 is 108 Å². The molecule has 0 fully saturated rings. The van der Waals surface area contributed by atoms with E-state index in [1.807, 2.05) is 76.6 Å². The van der Waals surface area contributed by atoms with E-state index in [-0.39, 0.29) is 72.4 Å². The van der Waals surface area contributed by atoms with Gasteiger partial charge in [-0.05, 0) is 136 Å². The van der Waals surface area contributed by atoms with Crippen LogP contribution in [-0.4, -0.2) is 150 Å². The van der Waals surface area contributed by atoms with Gasteiger partial charge in [0.25, 0.3) is 0 Å². The molecule has 0 saturated heterocycles. The van der Waals surface area contributed by atoms with E-state index in [2.05, 4.69) is 83.8 Å². The van der Waals surface area contributed by atoms with Crippen LogP contribution in [0.2, 0.25) is 0 Å². The lowest BCUT2D eigenvalue weighted by Crippen LogP contribution is -2.31. The second kappa shape index (κ2) is 43.4. The minimum atomic E-state index is -4.91. The number of hydrogen-bond donors (Lipinski definition) is 3. The summed E-state index contributed by atoms with van der Waals surface area (Å²) in [5, 5.41) is 16.8. The SMILES string of the molecule is CCOP(=O)(Cl)OCC.CCOP(=O)(OCC)n1ccc2c(-c3c4c(nn3-c3c(CC)cccc3CC)CCN(c3ncc(C(F)(F)F)cn3)C4)cc(F)c(OC)c21.CCc1cccc(CC)c1-n1nc2c(c1-c1cc(F)c(OC)c3[nH]ccc13)CN(c1ncc(C(F)(F)F)cn1)CC2.CCc1cccc(CC)c1-n1nc2c(c1-c1cc(F)c(OC)c3c1ccn3P(=O)(O)O)CN(c1ncc(C(F)(F)F)cn1)CC2. The number of aromatic nitrogens is 15. The number of anilines is 3. The minimum absolute atomic E-state index is 0.0805.